The van der Waals surface area contributed by atoms with Crippen molar-refractivity contribution < 1.29 is 0 Å². The van der Waals surface area contributed by atoms with Gasteiger partial charge in [0, 0.05) is 25.2 Å². The summed E-state index contributed by atoms with van der Waals surface area (Å²) in [5.74, 6) is 0.753. The first-order valence-corrected chi connectivity index (χ1v) is 5.93. The minimum Gasteiger partial charge on any atom is -0.318 e. The van der Waals surface area contributed by atoms with Crippen molar-refractivity contribution in [3.8, 4) is 0 Å². The Morgan fingerprint density at radius 2 is 1.71 bits per heavy atom. The predicted octanol–water partition coefficient (Wildman–Crippen LogP) is 2.35. The molecule has 0 aromatic rings. The third-order valence-electron chi connectivity index (χ3n) is 2.62. The lowest BCUT2D eigenvalue weighted by Gasteiger charge is -2.35. The highest BCUT2D eigenvalue weighted by Crippen LogP contribution is 2.11. The van der Waals surface area contributed by atoms with Crippen molar-refractivity contribution in [2.45, 2.75) is 53.1 Å². The summed E-state index contributed by atoms with van der Waals surface area (Å²) in [5, 5.41) is 3.29. The van der Waals surface area contributed by atoms with E-state index in [0.717, 1.165) is 12.5 Å². The SMILES string of the molecule is CCC(CNC)N(CC(C)C)C(C)C. The van der Waals surface area contributed by atoms with Gasteiger partial charge in [-0.3, -0.25) is 4.90 Å². The Labute approximate surface area is 90.1 Å². The number of nitrogens with zero attached hydrogens (tertiary/aromatic N) is 1. The van der Waals surface area contributed by atoms with E-state index < -0.39 is 0 Å². The minimum atomic E-state index is 0.649. The molecule has 2 heteroatoms. The molecule has 0 bridgehead atoms. The van der Waals surface area contributed by atoms with E-state index in [-0.39, 0.29) is 0 Å². The summed E-state index contributed by atoms with van der Waals surface area (Å²) in [4.78, 5) is 2.61. The zero-order valence-electron chi connectivity index (χ0n) is 10.8. The topological polar surface area (TPSA) is 15.3 Å². The van der Waals surface area contributed by atoms with Crippen molar-refractivity contribution in [2.24, 2.45) is 5.92 Å². The molecule has 0 aromatic heterocycles. The minimum absolute atomic E-state index is 0.649. The molecule has 0 amide bonds. The maximum Gasteiger partial charge on any atom is 0.0220 e. The van der Waals surface area contributed by atoms with Gasteiger partial charge in [0.05, 0.1) is 0 Å². The number of hydrogen-bond acceptors (Lipinski definition) is 2. The predicted molar refractivity (Wildman–Crippen MR) is 64.7 cm³/mol. The molecule has 2 nitrogen and oxygen atoms in total. The maximum absolute atomic E-state index is 3.29. The van der Waals surface area contributed by atoms with Crippen molar-refractivity contribution in [1.82, 2.24) is 10.2 Å². The van der Waals surface area contributed by atoms with Crippen LogP contribution in [0.2, 0.25) is 0 Å². The molecule has 86 valence electrons. The van der Waals surface area contributed by atoms with Crippen LogP contribution in [0.5, 0.6) is 0 Å². The number of hydrogen-bond donors (Lipinski definition) is 1. The summed E-state index contributed by atoms with van der Waals surface area (Å²) >= 11 is 0. The average Bonchev–Trinajstić information content (AvgIpc) is 2.10. The summed E-state index contributed by atoms with van der Waals surface area (Å²) in [7, 11) is 2.04. The van der Waals surface area contributed by atoms with E-state index in [1.165, 1.54) is 13.0 Å². The molecule has 0 saturated carbocycles. The van der Waals surface area contributed by atoms with Gasteiger partial charge in [0.15, 0.2) is 0 Å². The van der Waals surface area contributed by atoms with E-state index in [9.17, 15) is 0 Å². The van der Waals surface area contributed by atoms with E-state index >= 15 is 0 Å². The van der Waals surface area contributed by atoms with Gasteiger partial charge in [0.2, 0.25) is 0 Å². The molecule has 0 spiro atoms. The molecule has 0 rings (SSSR count). The van der Waals surface area contributed by atoms with Crippen molar-refractivity contribution >= 4 is 0 Å². The fourth-order valence-corrected chi connectivity index (χ4v) is 1.93. The van der Waals surface area contributed by atoms with E-state index in [4.69, 9.17) is 0 Å². The van der Waals surface area contributed by atoms with Gasteiger partial charge in [-0.05, 0) is 33.2 Å². The van der Waals surface area contributed by atoms with Crippen LogP contribution in [0.3, 0.4) is 0 Å². The standard InChI is InChI=1S/C12H28N2/c1-7-12(8-13-6)14(11(4)5)9-10(2)3/h10-13H,7-9H2,1-6H3. The third kappa shape index (κ3) is 4.97. The second-order valence-corrected chi connectivity index (χ2v) is 4.80. The molecule has 0 aromatic carbocycles. The lowest BCUT2D eigenvalue weighted by Crippen LogP contribution is -2.46. The van der Waals surface area contributed by atoms with Crippen LogP contribution < -0.4 is 5.32 Å². The van der Waals surface area contributed by atoms with Crippen LogP contribution >= 0.6 is 0 Å². The van der Waals surface area contributed by atoms with Gasteiger partial charge in [-0.1, -0.05) is 20.8 Å². The molecule has 1 unspecified atom stereocenters. The Balaban J connectivity index is 4.27. The first-order valence-electron chi connectivity index (χ1n) is 5.93. The summed E-state index contributed by atoms with van der Waals surface area (Å²) in [6.45, 7) is 13.8. The Morgan fingerprint density at radius 3 is 2.00 bits per heavy atom. The van der Waals surface area contributed by atoms with Crippen molar-refractivity contribution in [2.75, 3.05) is 20.1 Å². The van der Waals surface area contributed by atoms with Crippen molar-refractivity contribution in [3.05, 3.63) is 0 Å². The van der Waals surface area contributed by atoms with Crippen LogP contribution in [0, 0.1) is 5.92 Å². The summed E-state index contributed by atoms with van der Waals surface area (Å²) in [5.41, 5.74) is 0. The van der Waals surface area contributed by atoms with Gasteiger partial charge in [0.25, 0.3) is 0 Å². The molecule has 1 N–H and O–H groups in total. The largest absolute Gasteiger partial charge is 0.318 e. The molecule has 1 atom stereocenters. The van der Waals surface area contributed by atoms with E-state index in [1.54, 1.807) is 0 Å². The Morgan fingerprint density at radius 1 is 1.14 bits per heavy atom. The van der Waals surface area contributed by atoms with Crippen LogP contribution in [0.1, 0.15) is 41.0 Å². The second kappa shape index (κ2) is 7.24. The van der Waals surface area contributed by atoms with Crippen LogP contribution in [-0.4, -0.2) is 37.1 Å². The fraction of sp³-hybridized carbons (Fsp3) is 1.00. The quantitative estimate of drug-likeness (QED) is 0.678. The zero-order valence-corrected chi connectivity index (χ0v) is 10.8. The Hall–Kier alpha value is -0.0800. The average molecular weight is 200 g/mol. The zero-order chi connectivity index (χ0) is 11.1. The Bertz CT molecular complexity index is 132. The molecule has 0 aliphatic carbocycles. The molecule has 0 heterocycles. The van der Waals surface area contributed by atoms with E-state index in [1.807, 2.05) is 7.05 Å². The molecular formula is C12H28N2. The monoisotopic (exact) mass is 200 g/mol. The van der Waals surface area contributed by atoms with Crippen molar-refractivity contribution in [3.63, 3.8) is 0 Å². The lowest BCUT2D eigenvalue weighted by molar-refractivity contribution is 0.130. The highest BCUT2D eigenvalue weighted by atomic mass is 15.2. The maximum atomic E-state index is 3.29. The van der Waals surface area contributed by atoms with E-state index in [0.29, 0.717) is 12.1 Å². The highest BCUT2D eigenvalue weighted by molar-refractivity contribution is 4.76. The first-order chi connectivity index (χ1) is 6.52. The normalized spacial score (nSPS) is 14.4. The summed E-state index contributed by atoms with van der Waals surface area (Å²) in [6.07, 6.45) is 1.23. The van der Waals surface area contributed by atoms with Gasteiger partial charge in [-0.25, -0.2) is 0 Å². The van der Waals surface area contributed by atoms with Gasteiger partial charge in [-0.15, -0.1) is 0 Å². The number of nitrogens with one attached hydrogen (secondary N) is 1. The molecule has 0 aliphatic rings. The summed E-state index contributed by atoms with van der Waals surface area (Å²) in [6, 6.07) is 1.33. The molecule has 0 saturated heterocycles. The number of rotatable bonds is 7. The summed E-state index contributed by atoms with van der Waals surface area (Å²) < 4.78 is 0. The number of likely N-dealkylation sites (N-methyl/N-ethyl adjacent to an activating group) is 1. The highest BCUT2D eigenvalue weighted by Gasteiger charge is 2.19. The van der Waals surface area contributed by atoms with Crippen molar-refractivity contribution in [1.29, 1.82) is 0 Å². The smallest absolute Gasteiger partial charge is 0.0220 e. The molecular weight excluding hydrogens is 172 g/mol. The Kier molecular flexibility index (Phi) is 7.20. The molecule has 0 aliphatic heterocycles. The van der Waals surface area contributed by atoms with Crippen LogP contribution in [0.15, 0.2) is 0 Å². The van der Waals surface area contributed by atoms with Crippen LogP contribution in [0.25, 0.3) is 0 Å². The van der Waals surface area contributed by atoms with Gasteiger partial charge >= 0.3 is 0 Å². The molecule has 0 radical (unpaired) electrons. The van der Waals surface area contributed by atoms with Gasteiger partial charge < -0.3 is 5.32 Å². The van der Waals surface area contributed by atoms with Crippen LogP contribution in [-0.2, 0) is 0 Å². The van der Waals surface area contributed by atoms with E-state index in [2.05, 4.69) is 44.8 Å². The lowest BCUT2D eigenvalue weighted by atomic mass is 10.1. The van der Waals surface area contributed by atoms with Gasteiger partial charge in [-0.2, -0.15) is 0 Å². The second-order valence-electron chi connectivity index (χ2n) is 4.80. The van der Waals surface area contributed by atoms with Crippen LogP contribution in [0.4, 0.5) is 0 Å². The molecule has 0 fully saturated rings. The van der Waals surface area contributed by atoms with Gasteiger partial charge in [0.1, 0.15) is 0 Å². The third-order valence-corrected chi connectivity index (χ3v) is 2.62. The first kappa shape index (κ1) is 13.9. The molecule has 14 heavy (non-hydrogen) atoms. The fourth-order valence-electron chi connectivity index (χ4n) is 1.93.